The highest BCUT2D eigenvalue weighted by Crippen LogP contribution is 2.31. The predicted octanol–water partition coefficient (Wildman–Crippen LogP) is 2.73. The SMILES string of the molecule is Cc1cc([C@@H](C)N[C]=O)cc(C(F)(F)F)c1. The molecular weight excluding hydrogens is 219 g/mol. The van der Waals surface area contributed by atoms with E-state index in [1.165, 1.54) is 6.41 Å². The van der Waals surface area contributed by atoms with Crippen molar-refractivity contribution in [1.29, 1.82) is 0 Å². The minimum atomic E-state index is -4.37. The van der Waals surface area contributed by atoms with Crippen LogP contribution in [0.15, 0.2) is 18.2 Å². The smallest absolute Gasteiger partial charge is 0.341 e. The number of halogens is 3. The number of rotatable bonds is 3. The summed E-state index contributed by atoms with van der Waals surface area (Å²) in [5.74, 6) is 0. The van der Waals surface area contributed by atoms with Crippen LogP contribution >= 0.6 is 0 Å². The van der Waals surface area contributed by atoms with Gasteiger partial charge in [-0.3, -0.25) is 4.79 Å². The molecule has 1 aromatic carbocycles. The van der Waals surface area contributed by atoms with E-state index in [4.69, 9.17) is 0 Å². The van der Waals surface area contributed by atoms with Gasteiger partial charge in [-0.1, -0.05) is 11.6 Å². The molecule has 1 aromatic rings. The maximum atomic E-state index is 12.5. The molecule has 0 spiro atoms. The van der Waals surface area contributed by atoms with Gasteiger partial charge in [-0.2, -0.15) is 13.2 Å². The minimum absolute atomic E-state index is 0.413. The van der Waals surface area contributed by atoms with E-state index >= 15 is 0 Å². The lowest BCUT2D eigenvalue weighted by Gasteiger charge is -2.14. The second-order valence-corrected chi connectivity index (χ2v) is 3.60. The van der Waals surface area contributed by atoms with Crippen LogP contribution in [0, 0.1) is 6.92 Å². The molecule has 87 valence electrons. The van der Waals surface area contributed by atoms with Gasteiger partial charge in [0.25, 0.3) is 0 Å². The third-order valence-electron chi connectivity index (χ3n) is 2.20. The van der Waals surface area contributed by atoms with Crippen molar-refractivity contribution in [2.45, 2.75) is 26.1 Å². The van der Waals surface area contributed by atoms with Crippen LogP contribution in [-0.2, 0) is 11.0 Å². The van der Waals surface area contributed by atoms with Crippen molar-refractivity contribution in [1.82, 2.24) is 5.32 Å². The zero-order chi connectivity index (χ0) is 12.3. The maximum Gasteiger partial charge on any atom is 0.416 e. The summed E-state index contributed by atoms with van der Waals surface area (Å²) < 4.78 is 37.5. The second-order valence-electron chi connectivity index (χ2n) is 3.60. The van der Waals surface area contributed by atoms with Gasteiger partial charge in [-0.25, -0.2) is 0 Å². The number of alkyl halides is 3. The summed E-state index contributed by atoms with van der Waals surface area (Å²) in [5.41, 5.74) is 0.210. The fourth-order valence-electron chi connectivity index (χ4n) is 1.40. The van der Waals surface area contributed by atoms with Gasteiger partial charge in [0.2, 0.25) is 0 Å². The fourth-order valence-corrected chi connectivity index (χ4v) is 1.40. The van der Waals surface area contributed by atoms with Crippen LogP contribution in [0.1, 0.15) is 29.7 Å². The van der Waals surface area contributed by atoms with Crippen LogP contribution in [0.4, 0.5) is 13.2 Å². The van der Waals surface area contributed by atoms with Gasteiger partial charge in [0.15, 0.2) is 0 Å². The summed E-state index contributed by atoms with van der Waals surface area (Å²) in [4.78, 5) is 10.1. The van der Waals surface area contributed by atoms with E-state index in [0.29, 0.717) is 11.1 Å². The van der Waals surface area contributed by atoms with Gasteiger partial charge in [0, 0.05) is 0 Å². The molecule has 1 N–H and O–H groups in total. The summed E-state index contributed by atoms with van der Waals surface area (Å²) in [5, 5.41) is 2.29. The number of nitrogens with one attached hydrogen (secondary N) is 1. The van der Waals surface area contributed by atoms with E-state index in [1.807, 2.05) is 0 Å². The quantitative estimate of drug-likeness (QED) is 0.795. The number of hydrogen-bond donors (Lipinski definition) is 1. The zero-order valence-electron chi connectivity index (χ0n) is 8.85. The summed E-state index contributed by atoms with van der Waals surface area (Å²) >= 11 is 0. The van der Waals surface area contributed by atoms with Gasteiger partial charge in [0.05, 0.1) is 11.6 Å². The molecule has 1 rings (SSSR count). The first kappa shape index (κ1) is 12.5. The Morgan fingerprint density at radius 3 is 2.44 bits per heavy atom. The van der Waals surface area contributed by atoms with Gasteiger partial charge in [0.1, 0.15) is 0 Å². The number of benzene rings is 1. The molecule has 1 amide bonds. The molecule has 0 fully saturated rings. The van der Waals surface area contributed by atoms with Gasteiger partial charge in [-0.15, -0.1) is 0 Å². The lowest BCUT2D eigenvalue weighted by molar-refractivity contribution is -0.137. The highest BCUT2D eigenvalue weighted by Gasteiger charge is 2.31. The van der Waals surface area contributed by atoms with Crippen LogP contribution in [-0.4, -0.2) is 6.41 Å². The van der Waals surface area contributed by atoms with E-state index < -0.39 is 17.8 Å². The molecule has 16 heavy (non-hydrogen) atoms. The Labute approximate surface area is 91.5 Å². The zero-order valence-corrected chi connectivity index (χ0v) is 8.85. The van der Waals surface area contributed by atoms with Crippen molar-refractivity contribution < 1.29 is 18.0 Å². The molecule has 0 aliphatic heterocycles. The van der Waals surface area contributed by atoms with Crippen molar-refractivity contribution >= 4 is 6.41 Å². The summed E-state index contributed by atoms with van der Waals surface area (Å²) in [6.07, 6.45) is -2.91. The van der Waals surface area contributed by atoms with E-state index in [0.717, 1.165) is 12.1 Å². The Hall–Kier alpha value is -1.52. The van der Waals surface area contributed by atoms with Crippen molar-refractivity contribution in [3.8, 4) is 0 Å². The Bertz CT molecular complexity index is 387. The molecule has 0 heterocycles. The molecule has 0 aromatic heterocycles. The second kappa shape index (κ2) is 4.55. The van der Waals surface area contributed by atoms with Crippen LogP contribution in [0.5, 0.6) is 0 Å². The third kappa shape index (κ3) is 2.98. The van der Waals surface area contributed by atoms with E-state index in [2.05, 4.69) is 5.32 Å². The summed E-state index contributed by atoms with van der Waals surface area (Å²) in [6, 6.07) is 3.21. The molecule has 0 unspecified atom stereocenters. The summed E-state index contributed by atoms with van der Waals surface area (Å²) in [6.45, 7) is 3.18. The Kier molecular flexibility index (Phi) is 3.57. The van der Waals surface area contributed by atoms with Crippen LogP contribution in [0.2, 0.25) is 0 Å². The third-order valence-corrected chi connectivity index (χ3v) is 2.20. The van der Waals surface area contributed by atoms with Gasteiger partial charge in [-0.05, 0) is 31.5 Å². The van der Waals surface area contributed by atoms with E-state index in [-0.39, 0.29) is 0 Å². The minimum Gasteiger partial charge on any atom is -0.341 e. The molecule has 5 heteroatoms. The molecule has 0 aliphatic carbocycles. The highest BCUT2D eigenvalue weighted by atomic mass is 19.4. The van der Waals surface area contributed by atoms with Crippen LogP contribution < -0.4 is 5.32 Å². The average Bonchev–Trinajstić information content (AvgIpc) is 2.16. The molecule has 0 bridgehead atoms. The number of hydrogen-bond acceptors (Lipinski definition) is 1. The monoisotopic (exact) mass is 230 g/mol. The molecule has 0 aliphatic rings. The first-order valence-corrected chi connectivity index (χ1v) is 4.66. The topological polar surface area (TPSA) is 29.1 Å². The average molecular weight is 230 g/mol. The lowest BCUT2D eigenvalue weighted by atomic mass is 10.0. The largest absolute Gasteiger partial charge is 0.416 e. The van der Waals surface area contributed by atoms with Crippen molar-refractivity contribution in [2.24, 2.45) is 0 Å². The highest BCUT2D eigenvalue weighted by molar-refractivity contribution is 5.49. The van der Waals surface area contributed by atoms with Crippen molar-refractivity contribution in [2.75, 3.05) is 0 Å². The maximum absolute atomic E-state index is 12.5. The van der Waals surface area contributed by atoms with Crippen LogP contribution in [0.25, 0.3) is 0 Å². The molecule has 2 nitrogen and oxygen atoms in total. The van der Waals surface area contributed by atoms with E-state index in [9.17, 15) is 18.0 Å². The molecular formula is C11H11F3NO. The molecule has 1 atom stereocenters. The Morgan fingerprint density at radius 2 is 1.94 bits per heavy atom. The van der Waals surface area contributed by atoms with Crippen LogP contribution in [0.3, 0.4) is 0 Å². The van der Waals surface area contributed by atoms with E-state index in [1.54, 1.807) is 19.9 Å². The standard InChI is InChI=1S/C11H11F3NO/c1-7-3-9(8(2)15-6-16)5-10(4-7)11(12,13)14/h3-5,8H,1-2H3,(H,15,16)/t8-/m1/s1. The number of aryl methyl sites for hydroxylation is 1. The first-order chi connectivity index (χ1) is 7.34. The molecule has 0 saturated heterocycles. The Balaban J connectivity index is 3.12. The predicted molar refractivity (Wildman–Crippen MR) is 53.4 cm³/mol. The van der Waals surface area contributed by atoms with Gasteiger partial charge >= 0.3 is 12.6 Å². The van der Waals surface area contributed by atoms with Gasteiger partial charge < -0.3 is 5.32 Å². The van der Waals surface area contributed by atoms with Crippen molar-refractivity contribution in [3.63, 3.8) is 0 Å². The molecule has 1 radical (unpaired) electrons. The lowest BCUT2D eigenvalue weighted by Crippen LogP contribution is -2.17. The normalized spacial score (nSPS) is 13.3. The first-order valence-electron chi connectivity index (χ1n) is 4.66. The molecule has 0 saturated carbocycles. The van der Waals surface area contributed by atoms with Crippen molar-refractivity contribution in [3.05, 3.63) is 34.9 Å². The summed E-state index contributed by atoms with van der Waals surface area (Å²) in [7, 11) is 0. The Morgan fingerprint density at radius 1 is 1.31 bits per heavy atom. The number of amides is 1. The fraction of sp³-hybridized carbons (Fsp3) is 0.364. The number of carbonyl (C=O) groups excluding carboxylic acids is 1.